The van der Waals surface area contributed by atoms with Crippen molar-refractivity contribution < 1.29 is 19.0 Å². The van der Waals surface area contributed by atoms with Crippen LogP contribution in [-0.4, -0.2) is 70.8 Å². The molecule has 0 aromatic carbocycles. The summed E-state index contributed by atoms with van der Waals surface area (Å²) in [6, 6.07) is 10.1. The Hall–Kier alpha value is -3.47. The number of rotatable bonds is 6. The normalized spacial score (nSPS) is 24.2. The molecule has 1 saturated heterocycles. The minimum Gasteiger partial charge on any atom is -0.384 e. The lowest BCUT2D eigenvalue weighted by Crippen LogP contribution is -2.51. The fourth-order valence-corrected chi connectivity index (χ4v) is 5.16. The van der Waals surface area contributed by atoms with E-state index in [9.17, 15) is 4.79 Å². The quantitative estimate of drug-likeness (QED) is 0.439. The van der Waals surface area contributed by atoms with E-state index in [1.807, 2.05) is 12.1 Å². The standard InChI is InChI=1S/C25H28N6O4/c1-33-21-8-6-17(21)29-25(32)16-11-27-31-23(26)10-18(28-24(16)31)14-5-7-19-15(14)4-3-9-30(19)20-12-35-13-22(20)34-2/h3-5,7,9-11,17,20-22H,6,8,12-13,26H2,1-2H3,(H,29,32)/t17-,20-,21-,22-/m1/s1. The number of aromatic nitrogens is 4. The van der Waals surface area contributed by atoms with Crippen LogP contribution < -0.4 is 11.1 Å². The molecule has 4 aliphatic rings. The lowest BCUT2D eigenvalue weighted by molar-refractivity contribution is 0.00732. The number of hydrogen-bond donors (Lipinski definition) is 2. The fourth-order valence-electron chi connectivity index (χ4n) is 5.16. The van der Waals surface area contributed by atoms with Crippen LogP contribution in [0.4, 0.5) is 5.82 Å². The van der Waals surface area contributed by atoms with E-state index in [1.54, 1.807) is 20.3 Å². The molecule has 2 aliphatic heterocycles. The van der Waals surface area contributed by atoms with Gasteiger partial charge in [-0.1, -0.05) is 12.1 Å². The van der Waals surface area contributed by atoms with Crippen molar-refractivity contribution in [3.05, 3.63) is 48.3 Å². The molecule has 6 rings (SSSR count). The molecule has 0 radical (unpaired) electrons. The third kappa shape index (κ3) is 3.56. The number of amides is 1. The van der Waals surface area contributed by atoms with Crippen LogP contribution in [0.3, 0.4) is 0 Å². The van der Waals surface area contributed by atoms with Crippen molar-refractivity contribution >= 4 is 17.4 Å². The van der Waals surface area contributed by atoms with Crippen LogP contribution in [0.5, 0.6) is 0 Å². The second-order valence-electron chi connectivity index (χ2n) is 9.13. The molecule has 0 bridgehead atoms. The number of carbonyl (C=O) groups excluding carboxylic acids is 1. The summed E-state index contributed by atoms with van der Waals surface area (Å²) in [6.45, 7) is 1.17. The maximum atomic E-state index is 13.0. The molecule has 10 nitrogen and oxygen atoms in total. The summed E-state index contributed by atoms with van der Waals surface area (Å²) < 4.78 is 20.4. The van der Waals surface area contributed by atoms with Crippen molar-refractivity contribution in [2.24, 2.45) is 0 Å². The van der Waals surface area contributed by atoms with Gasteiger partial charge in [0, 0.05) is 43.3 Å². The highest BCUT2D eigenvalue weighted by atomic mass is 16.5. The highest BCUT2D eigenvalue weighted by Gasteiger charge is 2.33. The van der Waals surface area contributed by atoms with Crippen molar-refractivity contribution in [1.82, 2.24) is 24.5 Å². The molecule has 0 unspecified atom stereocenters. The lowest BCUT2D eigenvalue weighted by atomic mass is 9.89. The van der Waals surface area contributed by atoms with E-state index < -0.39 is 0 Å². The average molecular weight is 477 g/mol. The smallest absolute Gasteiger partial charge is 0.257 e. The minimum atomic E-state index is -0.229. The molecule has 0 spiro atoms. The molecule has 4 atom stereocenters. The molecule has 35 heavy (non-hydrogen) atoms. The number of ether oxygens (including phenoxy) is 3. The van der Waals surface area contributed by atoms with Crippen LogP contribution in [0.25, 0.3) is 28.2 Å². The van der Waals surface area contributed by atoms with Gasteiger partial charge in [0.05, 0.1) is 43.3 Å². The van der Waals surface area contributed by atoms with Crippen LogP contribution in [0.1, 0.15) is 29.2 Å². The third-order valence-electron chi connectivity index (χ3n) is 7.27. The Bertz CT molecular complexity index is 1360. The second kappa shape index (κ2) is 8.63. The largest absolute Gasteiger partial charge is 0.384 e. The Morgan fingerprint density at radius 2 is 2.00 bits per heavy atom. The Morgan fingerprint density at radius 3 is 2.77 bits per heavy atom. The number of carbonyl (C=O) groups is 1. The second-order valence-corrected chi connectivity index (χ2v) is 9.13. The van der Waals surface area contributed by atoms with E-state index >= 15 is 0 Å². The predicted octanol–water partition coefficient (Wildman–Crippen LogP) is 2.38. The van der Waals surface area contributed by atoms with Crippen LogP contribution in [0.2, 0.25) is 0 Å². The van der Waals surface area contributed by atoms with Gasteiger partial charge in [-0.15, -0.1) is 0 Å². The number of hydrogen-bond acceptors (Lipinski definition) is 7. The van der Waals surface area contributed by atoms with Crippen molar-refractivity contribution in [3.8, 4) is 22.5 Å². The summed E-state index contributed by atoms with van der Waals surface area (Å²) in [5, 5.41) is 7.34. The van der Waals surface area contributed by atoms with Gasteiger partial charge in [-0.05, 0) is 25.0 Å². The van der Waals surface area contributed by atoms with Crippen molar-refractivity contribution in [1.29, 1.82) is 0 Å². The number of nitrogens with one attached hydrogen (secondary N) is 1. The first-order valence-corrected chi connectivity index (χ1v) is 11.8. The zero-order valence-electron chi connectivity index (χ0n) is 19.7. The van der Waals surface area contributed by atoms with Crippen molar-refractivity contribution in [2.75, 3.05) is 33.2 Å². The fraction of sp³-hybridized carbons (Fsp3) is 0.400. The molecule has 2 fully saturated rings. The number of pyridine rings is 1. The van der Waals surface area contributed by atoms with Gasteiger partial charge in [-0.3, -0.25) is 4.79 Å². The maximum Gasteiger partial charge on any atom is 0.257 e. The van der Waals surface area contributed by atoms with Crippen molar-refractivity contribution in [3.63, 3.8) is 0 Å². The molecular weight excluding hydrogens is 448 g/mol. The predicted molar refractivity (Wildman–Crippen MR) is 129 cm³/mol. The van der Waals surface area contributed by atoms with Gasteiger partial charge in [0.15, 0.2) is 5.65 Å². The summed E-state index contributed by atoms with van der Waals surface area (Å²) in [4.78, 5) is 17.9. The summed E-state index contributed by atoms with van der Waals surface area (Å²) in [5.74, 6) is 0.178. The first kappa shape index (κ1) is 22.0. The summed E-state index contributed by atoms with van der Waals surface area (Å²) in [7, 11) is 3.38. The zero-order valence-corrected chi connectivity index (χ0v) is 19.7. The van der Waals surface area contributed by atoms with Crippen LogP contribution in [-0.2, 0) is 14.2 Å². The van der Waals surface area contributed by atoms with Gasteiger partial charge in [0.25, 0.3) is 5.91 Å². The highest BCUT2D eigenvalue weighted by Crippen LogP contribution is 2.38. The first-order chi connectivity index (χ1) is 17.1. The Kier molecular flexibility index (Phi) is 5.43. The maximum absolute atomic E-state index is 13.0. The summed E-state index contributed by atoms with van der Waals surface area (Å²) >= 11 is 0. The number of nitrogen functional groups attached to an aromatic ring is 1. The molecule has 3 N–H and O–H groups in total. The molecule has 1 saturated carbocycles. The van der Waals surface area contributed by atoms with Gasteiger partial charge in [-0.25, -0.2) is 4.98 Å². The minimum absolute atomic E-state index is 0.00435. The SMILES string of the molecule is CO[C@@H]1COC[C@H]1n1cccc2c(-c3cc(N)n4ncc(C(=O)N[C@@H]5CC[C@H]5OC)c4n3)ccc1-2. The van der Waals surface area contributed by atoms with E-state index in [1.165, 1.54) is 10.7 Å². The third-order valence-corrected chi connectivity index (χ3v) is 7.27. The Labute approximate surface area is 202 Å². The molecule has 1 amide bonds. The monoisotopic (exact) mass is 476 g/mol. The number of fused-ring (bicyclic) bond motifs is 2. The van der Waals surface area contributed by atoms with Crippen LogP contribution in [0.15, 0.2) is 42.7 Å². The molecule has 2 aromatic heterocycles. The van der Waals surface area contributed by atoms with E-state index in [2.05, 4.69) is 33.3 Å². The van der Waals surface area contributed by atoms with Gasteiger partial charge in [0.1, 0.15) is 17.5 Å². The average Bonchev–Trinajstić information content (AvgIpc) is 3.59. The topological polar surface area (TPSA) is 118 Å². The number of methoxy groups -OCH3 is 2. The molecule has 2 aromatic rings. The van der Waals surface area contributed by atoms with E-state index in [-0.39, 0.29) is 30.2 Å². The van der Waals surface area contributed by atoms with E-state index in [4.69, 9.17) is 24.9 Å². The Balaban J connectivity index is 1.36. The summed E-state index contributed by atoms with van der Waals surface area (Å²) in [6.07, 6.45) is 5.43. The van der Waals surface area contributed by atoms with E-state index in [0.717, 1.165) is 29.7 Å². The van der Waals surface area contributed by atoms with Gasteiger partial charge in [0.2, 0.25) is 0 Å². The first-order valence-electron chi connectivity index (χ1n) is 11.8. The van der Waals surface area contributed by atoms with Gasteiger partial charge < -0.3 is 29.8 Å². The lowest BCUT2D eigenvalue weighted by Gasteiger charge is -2.35. The molecule has 10 heteroatoms. The molecule has 4 heterocycles. The van der Waals surface area contributed by atoms with Crippen molar-refractivity contribution in [2.45, 2.75) is 37.1 Å². The summed E-state index contributed by atoms with van der Waals surface area (Å²) in [5.41, 5.74) is 10.9. The number of anilines is 1. The Morgan fingerprint density at radius 1 is 1.14 bits per heavy atom. The van der Waals surface area contributed by atoms with Gasteiger partial charge >= 0.3 is 0 Å². The van der Waals surface area contributed by atoms with Crippen LogP contribution in [0, 0.1) is 0 Å². The zero-order chi connectivity index (χ0) is 24.1. The highest BCUT2D eigenvalue weighted by molar-refractivity contribution is 6.00. The van der Waals surface area contributed by atoms with Gasteiger partial charge in [-0.2, -0.15) is 9.61 Å². The number of nitrogens with zero attached hydrogens (tertiary/aromatic N) is 4. The molecule has 182 valence electrons. The van der Waals surface area contributed by atoms with Crippen LogP contribution >= 0.6 is 0 Å². The molecular formula is C25H28N6O4. The van der Waals surface area contributed by atoms with E-state index in [0.29, 0.717) is 35.9 Å². The molecule has 2 aliphatic carbocycles. The number of nitrogens with two attached hydrogens (primary N) is 1.